The molecule has 7 heteroatoms. The van der Waals surface area contributed by atoms with Crippen molar-refractivity contribution in [2.75, 3.05) is 6.61 Å². The summed E-state index contributed by atoms with van der Waals surface area (Å²) in [6.45, 7) is 3.58. The van der Waals surface area contributed by atoms with Crippen LogP contribution < -0.4 is 10.6 Å². The summed E-state index contributed by atoms with van der Waals surface area (Å²) in [6, 6.07) is 12.0. The maximum Gasteiger partial charge on any atom is 0.321 e. The summed E-state index contributed by atoms with van der Waals surface area (Å²) >= 11 is 0. The van der Waals surface area contributed by atoms with Crippen molar-refractivity contribution >= 4 is 17.9 Å². The van der Waals surface area contributed by atoms with Gasteiger partial charge in [0.1, 0.15) is 5.76 Å². The summed E-state index contributed by atoms with van der Waals surface area (Å²) in [7, 11) is 0. The quantitative estimate of drug-likeness (QED) is 0.694. The number of carbonyl (C=O) groups is 3. The molecule has 0 aliphatic rings. The number of amides is 3. The van der Waals surface area contributed by atoms with E-state index in [1.165, 1.54) is 6.26 Å². The average molecular weight is 372 g/mol. The number of hydrogen-bond donors (Lipinski definition) is 2. The number of hydrogen-bond acceptors (Lipinski definition) is 5. The Morgan fingerprint density at radius 3 is 2.48 bits per heavy atom. The molecule has 0 radical (unpaired) electrons. The maximum atomic E-state index is 12.5. The van der Waals surface area contributed by atoms with Crippen molar-refractivity contribution in [3.8, 4) is 0 Å². The first-order chi connectivity index (χ1) is 13.0. The number of rotatable bonds is 8. The van der Waals surface area contributed by atoms with E-state index in [2.05, 4.69) is 10.6 Å². The van der Waals surface area contributed by atoms with Gasteiger partial charge in [-0.15, -0.1) is 0 Å². The monoisotopic (exact) mass is 372 g/mol. The lowest BCUT2D eigenvalue weighted by atomic mass is 9.86. The zero-order valence-electron chi connectivity index (χ0n) is 15.4. The minimum atomic E-state index is -0.698. The molecule has 0 bridgehead atoms. The van der Waals surface area contributed by atoms with Gasteiger partial charge in [-0.1, -0.05) is 50.6 Å². The summed E-state index contributed by atoms with van der Waals surface area (Å²) in [5.41, 5.74) is 0.841. The van der Waals surface area contributed by atoms with Crippen LogP contribution in [-0.2, 0) is 20.9 Å². The smallest absolute Gasteiger partial charge is 0.321 e. The van der Waals surface area contributed by atoms with Crippen molar-refractivity contribution in [3.63, 3.8) is 0 Å². The standard InChI is InChI=1S/C20H24N2O5/c1-3-14(2)18(15-8-5-4-6-9-15)19(24)27-13-17(23)22-20(25)21-12-16-10-7-11-26-16/h4-11,14,18H,3,12-13H2,1-2H3,(H2,21,22,23,25)/t14-,18-/m0/s1. The fourth-order valence-corrected chi connectivity index (χ4v) is 2.61. The van der Waals surface area contributed by atoms with Crippen molar-refractivity contribution in [1.29, 1.82) is 0 Å². The second-order valence-corrected chi connectivity index (χ2v) is 6.19. The molecular formula is C20H24N2O5. The van der Waals surface area contributed by atoms with E-state index in [1.807, 2.05) is 44.2 Å². The van der Waals surface area contributed by atoms with Crippen LogP contribution in [0.4, 0.5) is 4.79 Å². The van der Waals surface area contributed by atoms with Gasteiger partial charge in [0.2, 0.25) is 0 Å². The third-order valence-electron chi connectivity index (χ3n) is 4.23. The van der Waals surface area contributed by atoms with Crippen LogP contribution in [-0.4, -0.2) is 24.5 Å². The SMILES string of the molecule is CC[C@H](C)[C@H](C(=O)OCC(=O)NC(=O)NCc1ccco1)c1ccccc1. The number of imide groups is 1. The molecule has 1 aromatic heterocycles. The van der Waals surface area contributed by atoms with Crippen LogP contribution in [0.15, 0.2) is 53.1 Å². The highest BCUT2D eigenvalue weighted by Crippen LogP contribution is 2.28. The van der Waals surface area contributed by atoms with Crippen LogP contribution in [0.3, 0.4) is 0 Å². The van der Waals surface area contributed by atoms with Crippen LogP contribution in [0.25, 0.3) is 0 Å². The Kier molecular flexibility index (Phi) is 7.61. The van der Waals surface area contributed by atoms with Crippen molar-refractivity contribution in [3.05, 3.63) is 60.1 Å². The molecule has 0 aliphatic carbocycles. The topological polar surface area (TPSA) is 97.6 Å². The Hall–Kier alpha value is -3.09. The van der Waals surface area contributed by atoms with E-state index in [0.29, 0.717) is 5.76 Å². The molecule has 3 amide bonds. The first-order valence-electron chi connectivity index (χ1n) is 8.83. The molecule has 0 saturated carbocycles. The molecule has 144 valence electrons. The van der Waals surface area contributed by atoms with E-state index < -0.39 is 30.4 Å². The Morgan fingerprint density at radius 1 is 1.11 bits per heavy atom. The summed E-state index contributed by atoms with van der Waals surface area (Å²) in [4.78, 5) is 36.0. The zero-order chi connectivity index (χ0) is 19.6. The molecule has 0 spiro atoms. The van der Waals surface area contributed by atoms with Gasteiger partial charge >= 0.3 is 12.0 Å². The van der Waals surface area contributed by atoms with Crippen LogP contribution in [0.2, 0.25) is 0 Å². The van der Waals surface area contributed by atoms with E-state index in [-0.39, 0.29) is 12.5 Å². The molecule has 27 heavy (non-hydrogen) atoms. The lowest BCUT2D eigenvalue weighted by molar-refractivity contribution is -0.151. The molecule has 2 N–H and O–H groups in total. The van der Waals surface area contributed by atoms with Crippen molar-refractivity contribution in [1.82, 2.24) is 10.6 Å². The molecule has 0 unspecified atom stereocenters. The van der Waals surface area contributed by atoms with Gasteiger partial charge in [-0.2, -0.15) is 0 Å². The van der Waals surface area contributed by atoms with Crippen LogP contribution >= 0.6 is 0 Å². The van der Waals surface area contributed by atoms with Gasteiger partial charge in [-0.05, 0) is 23.6 Å². The number of nitrogens with one attached hydrogen (secondary N) is 2. The van der Waals surface area contributed by atoms with Crippen LogP contribution in [0.5, 0.6) is 0 Å². The lowest BCUT2D eigenvalue weighted by Gasteiger charge is -2.21. The number of urea groups is 1. The Morgan fingerprint density at radius 2 is 1.85 bits per heavy atom. The number of furan rings is 1. The van der Waals surface area contributed by atoms with E-state index in [0.717, 1.165) is 12.0 Å². The van der Waals surface area contributed by atoms with Crippen molar-refractivity contribution < 1.29 is 23.5 Å². The Bertz CT molecular complexity index is 743. The highest BCUT2D eigenvalue weighted by molar-refractivity contribution is 5.95. The lowest BCUT2D eigenvalue weighted by Crippen LogP contribution is -2.41. The largest absolute Gasteiger partial charge is 0.467 e. The van der Waals surface area contributed by atoms with Crippen LogP contribution in [0, 0.1) is 5.92 Å². The average Bonchev–Trinajstić information content (AvgIpc) is 3.19. The zero-order valence-corrected chi connectivity index (χ0v) is 15.4. The summed E-state index contributed by atoms with van der Waals surface area (Å²) in [5, 5.41) is 4.59. The summed E-state index contributed by atoms with van der Waals surface area (Å²) in [6.07, 6.45) is 2.27. The van der Waals surface area contributed by atoms with Gasteiger partial charge in [0.25, 0.3) is 5.91 Å². The molecule has 7 nitrogen and oxygen atoms in total. The van der Waals surface area contributed by atoms with Crippen LogP contribution in [0.1, 0.15) is 37.5 Å². The number of ether oxygens (including phenoxy) is 1. The third kappa shape index (κ3) is 6.29. The van der Waals surface area contributed by atoms with Crippen molar-refractivity contribution in [2.45, 2.75) is 32.7 Å². The summed E-state index contributed by atoms with van der Waals surface area (Å²) in [5.74, 6) is -1.03. The van der Waals surface area contributed by atoms with Gasteiger partial charge in [0, 0.05) is 0 Å². The number of carbonyl (C=O) groups excluding carboxylic acids is 3. The van der Waals surface area contributed by atoms with E-state index in [9.17, 15) is 14.4 Å². The molecule has 2 aromatic rings. The Balaban J connectivity index is 1.83. The molecule has 0 aliphatic heterocycles. The third-order valence-corrected chi connectivity index (χ3v) is 4.23. The van der Waals surface area contributed by atoms with E-state index in [1.54, 1.807) is 12.1 Å². The second-order valence-electron chi connectivity index (χ2n) is 6.19. The Labute approximate surface area is 158 Å². The fraction of sp³-hybridized carbons (Fsp3) is 0.350. The predicted octanol–water partition coefficient (Wildman–Crippen LogP) is 2.98. The molecule has 1 aromatic carbocycles. The minimum absolute atomic E-state index is 0.0551. The molecule has 1 heterocycles. The predicted molar refractivity (Wildman–Crippen MR) is 98.7 cm³/mol. The molecular weight excluding hydrogens is 348 g/mol. The molecule has 2 rings (SSSR count). The minimum Gasteiger partial charge on any atom is -0.467 e. The second kappa shape index (κ2) is 10.2. The molecule has 0 fully saturated rings. The summed E-state index contributed by atoms with van der Waals surface area (Å²) < 4.78 is 10.2. The highest BCUT2D eigenvalue weighted by atomic mass is 16.5. The molecule has 2 atom stereocenters. The van der Waals surface area contributed by atoms with Gasteiger partial charge in [-0.3, -0.25) is 14.9 Å². The first kappa shape index (κ1) is 20.2. The van der Waals surface area contributed by atoms with Gasteiger partial charge in [0.15, 0.2) is 6.61 Å². The fourth-order valence-electron chi connectivity index (χ4n) is 2.61. The normalized spacial score (nSPS) is 12.7. The number of esters is 1. The number of benzene rings is 1. The van der Waals surface area contributed by atoms with Gasteiger partial charge in [0.05, 0.1) is 18.7 Å². The van der Waals surface area contributed by atoms with Gasteiger partial charge < -0.3 is 14.5 Å². The molecule has 0 saturated heterocycles. The highest BCUT2D eigenvalue weighted by Gasteiger charge is 2.27. The first-order valence-corrected chi connectivity index (χ1v) is 8.83. The van der Waals surface area contributed by atoms with E-state index >= 15 is 0 Å². The van der Waals surface area contributed by atoms with E-state index in [4.69, 9.17) is 9.15 Å². The van der Waals surface area contributed by atoms with Gasteiger partial charge in [-0.25, -0.2) is 4.79 Å². The maximum absolute atomic E-state index is 12.5. The van der Waals surface area contributed by atoms with Crippen molar-refractivity contribution in [2.24, 2.45) is 5.92 Å².